The van der Waals surface area contributed by atoms with Crippen LogP contribution in [0.5, 0.6) is 0 Å². The molecule has 4 heterocycles. The van der Waals surface area contributed by atoms with Crippen LogP contribution < -0.4 is 0 Å². The Bertz CT molecular complexity index is 1010. The number of aromatic nitrogens is 4. The Kier molecular flexibility index (Phi) is 4.53. The van der Waals surface area contributed by atoms with Crippen LogP contribution in [0.15, 0.2) is 36.9 Å². The minimum Gasteiger partial charge on any atom is -0.346 e. The number of hydrogen-bond donors (Lipinski definition) is 1. The van der Waals surface area contributed by atoms with E-state index in [0.717, 1.165) is 24.1 Å². The molecular weight excluding hydrogens is 348 g/mol. The maximum Gasteiger partial charge on any atom is 0.137 e. The highest BCUT2D eigenvalue weighted by Gasteiger charge is 2.24. The number of rotatable bonds is 3. The summed E-state index contributed by atoms with van der Waals surface area (Å²) in [5.74, 6) is 0. The van der Waals surface area contributed by atoms with Crippen molar-refractivity contribution in [3.8, 4) is 11.1 Å². The van der Waals surface area contributed by atoms with E-state index in [0.29, 0.717) is 6.04 Å². The van der Waals surface area contributed by atoms with Gasteiger partial charge in [0.05, 0.1) is 6.20 Å². The second-order valence-electron chi connectivity index (χ2n) is 8.22. The van der Waals surface area contributed by atoms with E-state index in [1.807, 2.05) is 30.3 Å². The molecule has 2 aliphatic rings. The van der Waals surface area contributed by atoms with E-state index >= 15 is 0 Å². The zero-order valence-corrected chi connectivity index (χ0v) is 16.7. The summed E-state index contributed by atoms with van der Waals surface area (Å²) in [5.41, 5.74) is 5.94. The number of fused-ring (bicyclic) bond motifs is 1. The lowest BCUT2D eigenvalue weighted by Crippen LogP contribution is -2.49. The first kappa shape index (κ1) is 17.6. The van der Waals surface area contributed by atoms with Gasteiger partial charge in [-0.15, -0.1) is 0 Å². The Morgan fingerprint density at radius 3 is 2.64 bits per heavy atom. The van der Waals surface area contributed by atoms with Gasteiger partial charge < -0.3 is 9.88 Å². The van der Waals surface area contributed by atoms with Gasteiger partial charge in [0, 0.05) is 74.4 Å². The SMILES string of the molecule is CN1CCN(C2CC=C(c3cnc4[nH]cc(-c5cnn(C)c5)c4c3)CC2)CC1. The molecule has 28 heavy (non-hydrogen) atoms. The monoisotopic (exact) mass is 376 g/mol. The molecular formula is C22H28N6. The molecule has 0 saturated carbocycles. The lowest BCUT2D eigenvalue weighted by Gasteiger charge is -2.39. The van der Waals surface area contributed by atoms with E-state index in [1.165, 1.54) is 54.7 Å². The Balaban J connectivity index is 1.38. The van der Waals surface area contributed by atoms with E-state index in [2.05, 4.69) is 50.3 Å². The van der Waals surface area contributed by atoms with Crippen molar-refractivity contribution in [2.24, 2.45) is 7.05 Å². The maximum atomic E-state index is 4.69. The minimum absolute atomic E-state index is 0.701. The molecule has 1 fully saturated rings. The fourth-order valence-electron chi connectivity index (χ4n) is 4.58. The van der Waals surface area contributed by atoms with Crippen LogP contribution in [-0.4, -0.2) is 68.8 Å². The Hall–Kier alpha value is -2.44. The van der Waals surface area contributed by atoms with Gasteiger partial charge in [0.1, 0.15) is 5.65 Å². The highest BCUT2D eigenvalue weighted by atomic mass is 15.3. The molecule has 1 saturated heterocycles. The molecule has 0 bridgehead atoms. The standard InChI is InChI=1S/C22H28N6/c1-26-7-9-28(10-8-26)19-5-3-16(4-6-19)17-11-20-21(14-24-22(20)23-12-17)18-13-25-27(2)15-18/h3,11-15,19H,4-10H2,1-2H3,(H,23,24). The third-order valence-corrected chi connectivity index (χ3v) is 6.36. The summed E-state index contributed by atoms with van der Waals surface area (Å²) in [5, 5.41) is 5.49. The molecule has 3 aromatic rings. The average Bonchev–Trinajstić information content (AvgIpc) is 3.34. The normalized spacial score (nSPS) is 21.9. The van der Waals surface area contributed by atoms with Crippen molar-refractivity contribution in [2.75, 3.05) is 33.2 Å². The first-order chi connectivity index (χ1) is 13.7. The van der Waals surface area contributed by atoms with E-state index < -0.39 is 0 Å². The highest BCUT2D eigenvalue weighted by molar-refractivity contribution is 5.94. The van der Waals surface area contributed by atoms with Crippen LogP contribution >= 0.6 is 0 Å². The van der Waals surface area contributed by atoms with Gasteiger partial charge in [-0.1, -0.05) is 6.08 Å². The first-order valence-corrected chi connectivity index (χ1v) is 10.3. The largest absolute Gasteiger partial charge is 0.346 e. The zero-order chi connectivity index (χ0) is 19.1. The fraction of sp³-hybridized carbons (Fsp3) is 0.455. The van der Waals surface area contributed by atoms with Crippen molar-refractivity contribution in [3.63, 3.8) is 0 Å². The number of hydrogen-bond acceptors (Lipinski definition) is 4. The summed E-state index contributed by atoms with van der Waals surface area (Å²) in [6, 6.07) is 3.00. The Morgan fingerprint density at radius 2 is 1.93 bits per heavy atom. The number of pyridine rings is 1. The Labute approximate surface area is 165 Å². The van der Waals surface area contributed by atoms with E-state index in [-0.39, 0.29) is 0 Å². The summed E-state index contributed by atoms with van der Waals surface area (Å²) in [6.45, 7) is 4.79. The summed E-state index contributed by atoms with van der Waals surface area (Å²) in [4.78, 5) is 13.1. The molecule has 1 unspecified atom stereocenters. The predicted octanol–water partition coefficient (Wildman–Crippen LogP) is 3.15. The van der Waals surface area contributed by atoms with Gasteiger partial charge in [0.15, 0.2) is 0 Å². The molecule has 0 radical (unpaired) electrons. The molecule has 0 spiro atoms. The van der Waals surface area contributed by atoms with Crippen LogP contribution in [0.3, 0.4) is 0 Å². The first-order valence-electron chi connectivity index (χ1n) is 10.3. The molecule has 146 valence electrons. The van der Waals surface area contributed by atoms with Crippen molar-refractivity contribution >= 4 is 16.6 Å². The van der Waals surface area contributed by atoms with Crippen molar-refractivity contribution in [3.05, 3.63) is 42.5 Å². The van der Waals surface area contributed by atoms with E-state index in [9.17, 15) is 0 Å². The van der Waals surface area contributed by atoms with Gasteiger partial charge in [-0.2, -0.15) is 5.10 Å². The maximum absolute atomic E-state index is 4.69. The smallest absolute Gasteiger partial charge is 0.137 e. The van der Waals surface area contributed by atoms with Crippen LogP contribution in [0.4, 0.5) is 0 Å². The van der Waals surface area contributed by atoms with Crippen molar-refractivity contribution in [1.82, 2.24) is 29.5 Å². The third kappa shape index (κ3) is 3.27. The molecule has 0 aromatic carbocycles. The lowest BCUT2D eigenvalue weighted by molar-refractivity contribution is 0.107. The number of H-pyrrole nitrogens is 1. The summed E-state index contributed by atoms with van der Waals surface area (Å²) in [6.07, 6.45) is 14.0. The van der Waals surface area contributed by atoms with Crippen LogP contribution in [0.1, 0.15) is 24.8 Å². The summed E-state index contributed by atoms with van der Waals surface area (Å²) >= 11 is 0. The van der Waals surface area contributed by atoms with Crippen molar-refractivity contribution < 1.29 is 0 Å². The molecule has 1 atom stereocenters. The highest BCUT2D eigenvalue weighted by Crippen LogP contribution is 2.33. The zero-order valence-electron chi connectivity index (χ0n) is 16.7. The molecule has 1 aliphatic carbocycles. The molecule has 1 aliphatic heterocycles. The summed E-state index contributed by atoms with van der Waals surface area (Å²) < 4.78 is 1.84. The molecule has 0 amide bonds. The van der Waals surface area contributed by atoms with Crippen molar-refractivity contribution in [2.45, 2.75) is 25.3 Å². The van der Waals surface area contributed by atoms with Gasteiger partial charge in [-0.25, -0.2) is 4.98 Å². The molecule has 1 N–H and O–H groups in total. The van der Waals surface area contributed by atoms with E-state index in [1.54, 1.807) is 0 Å². The molecule has 5 rings (SSSR count). The van der Waals surface area contributed by atoms with Gasteiger partial charge in [-0.05, 0) is 43.5 Å². The number of aromatic amines is 1. The number of nitrogens with one attached hydrogen (secondary N) is 1. The van der Waals surface area contributed by atoms with Gasteiger partial charge in [0.2, 0.25) is 0 Å². The number of piperazine rings is 1. The molecule has 6 heteroatoms. The third-order valence-electron chi connectivity index (χ3n) is 6.36. The molecule has 3 aromatic heterocycles. The predicted molar refractivity (Wildman–Crippen MR) is 113 cm³/mol. The second-order valence-corrected chi connectivity index (χ2v) is 8.22. The summed E-state index contributed by atoms with van der Waals surface area (Å²) in [7, 11) is 4.17. The number of allylic oxidation sites excluding steroid dienone is 1. The Morgan fingerprint density at radius 1 is 1.07 bits per heavy atom. The quantitative estimate of drug-likeness (QED) is 0.763. The van der Waals surface area contributed by atoms with Crippen LogP contribution in [-0.2, 0) is 7.05 Å². The molecule has 6 nitrogen and oxygen atoms in total. The topological polar surface area (TPSA) is 53.0 Å². The number of likely N-dealkylation sites (N-methyl/N-ethyl adjacent to an activating group) is 1. The van der Waals surface area contributed by atoms with Crippen LogP contribution in [0.25, 0.3) is 27.7 Å². The minimum atomic E-state index is 0.701. The van der Waals surface area contributed by atoms with Crippen LogP contribution in [0, 0.1) is 0 Å². The number of aryl methyl sites for hydroxylation is 1. The van der Waals surface area contributed by atoms with Crippen LogP contribution in [0.2, 0.25) is 0 Å². The van der Waals surface area contributed by atoms with Gasteiger partial charge in [0.25, 0.3) is 0 Å². The average molecular weight is 377 g/mol. The fourth-order valence-corrected chi connectivity index (χ4v) is 4.58. The lowest BCUT2D eigenvalue weighted by atomic mass is 9.90. The van der Waals surface area contributed by atoms with E-state index in [4.69, 9.17) is 0 Å². The van der Waals surface area contributed by atoms with Crippen molar-refractivity contribution in [1.29, 1.82) is 0 Å². The second kappa shape index (κ2) is 7.18. The van der Waals surface area contributed by atoms with Gasteiger partial charge >= 0.3 is 0 Å². The number of nitrogens with zero attached hydrogens (tertiary/aromatic N) is 5. The van der Waals surface area contributed by atoms with Gasteiger partial charge in [-0.3, -0.25) is 9.58 Å².